The number of hydrogen-bond acceptors (Lipinski definition) is 2. The number of rotatable bonds is 4. The van der Waals surface area contributed by atoms with Crippen LogP contribution in [0.5, 0.6) is 0 Å². The molecule has 0 N–H and O–H groups in total. The van der Waals surface area contributed by atoms with Crippen molar-refractivity contribution in [1.82, 2.24) is 0 Å². The molecular formula is C16H20O2. The Morgan fingerprint density at radius 3 is 2.61 bits per heavy atom. The van der Waals surface area contributed by atoms with Gasteiger partial charge in [0, 0.05) is 17.9 Å². The number of ketones is 1. The second-order valence-corrected chi connectivity index (χ2v) is 5.68. The summed E-state index contributed by atoms with van der Waals surface area (Å²) in [6.45, 7) is 9.61. The first kappa shape index (κ1) is 13.0. The third-order valence-electron chi connectivity index (χ3n) is 3.72. The first-order chi connectivity index (χ1) is 8.50. The van der Waals surface area contributed by atoms with E-state index in [0.29, 0.717) is 19.6 Å². The summed E-state index contributed by atoms with van der Waals surface area (Å²) in [6, 6.07) is 9.47. The molecule has 2 rings (SSSR count). The average molecular weight is 244 g/mol. The fraction of sp³-hybridized carbons (Fsp3) is 0.438. The predicted molar refractivity (Wildman–Crippen MR) is 72.6 cm³/mol. The summed E-state index contributed by atoms with van der Waals surface area (Å²) in [5.41, 5.74) is 1.80. The molecule has 0 radical (unpaired) electrons. The third kappa shape index (κ3) is 2.70. The van der Waals surface area contributed by atoms with Gasteiger partial charge in [-0.25, -0.2) is 0 Å². The monoisotopic (exact) mass is 244 g/mol. The zero-order chi connectivity index (χ0) is 13.2. The standard InChI is InChI=1S/C16H20O2/c1-12-10-18-11-14(12)16(2,3)9-15(17)13-7-5-4-6-8-13/h4-8,14H,1,9-11H2,2-3H3. The molecule has 2 nitrogen and oxygen atoms in total. The van der Waals surface area contributed by atoms with E-state index in [9.17, 15) is 4.79 Å². The summed E-state index contributed by atoms with van der Waals surface area (Å²) in [7, 11) is 0. The van der Waals surface area contributed by atoms with E-state index in [1.54, 1.807) is 0 Å². The van der Waals surface area contributed by atoms with Gasteiger partial charge in [-0.2, -0.15) is 0 Å². The van der Waals surface area contributed by atoms with Gasteiger partial charge < -0.3 is 4.74 Å². The molecule has 1 aromatic carbocycles. The fourth-order valence-electron chi connectivity index (χ4n) is 2.57. The van der Waals surface area contributed by atoms with Gasteiger partial charge in [0.25, 0.3) is 0 Å². The number of carbonyl (C=O) groups is 1. The van der Waals surface area contributed by atoms with Crippen molar-refractivity contribution in [3.05, 3.63) is 48.0 Å². The first-order valence-corrected chi connectivity index (χ1v) is 6.34. The summed E-state index contributed by atoms with van der Waals surface area (Å²) >= 11 is 0. The second kappa shape index (κ2) is 5.07. The minimum Gasteiger partial charge on any atom is -0.376 e. The molecule has 0 aliphatic carbocycles. The Morgan fingerprint density at radius 1 is 1.39 bits per heavy atom. The SMILES string of the molecule is C=C1COCC1C(C)(C)CC(=O)c1ccccc1. The van der Waals surface area contributed by atoms with Crippen molar-refractivity contribution >= 4 is 5.78 Å². The lowest BCUT2D eigenvalue weighted by Crippen LogP contribution is -2.28. The Bertz CT molecular complexity index is 445. The molecule has 1 atom stereocenters. The molecule has 0 aromatic heterocycles. The highest BCUT2D eigenvalue weighted by Crippen LogP contribution is 2.39. The zero-order valence-corrected chi connectivity index (χ0v) is 11.1. The van der Waals surface area contributed by atoms with Gasteiger partial charge in [0.2, 0.25) is 0 Å². The van der Waals surface area contributed by atoms with Gasteiger partial charge in [-0.1, -0.05) is 50.8 Å². The van der Waals surface area contributed by atoms with E-state index in [-0.39, 0.29) is 17.1 Å². The first-order valence-electron chi connectivity index (χ1n) is 6.34. The van der Waals surface area contributed by atoms with Gasteiger partial charge >= 0.3 is 0 Å². The molecule has 0 amide bonds. The maximum atomic E-state index is 12.3. The van der Waals surface area contributed by atoms with Crippen molar-refractivity contribution in [2.24, 2.45) is 11.3 Å². The summed E-state index contributed by atoms with van der Waals surface area (Å²) in [6.07, 6.45) is 0.532. The summed E-state index contributed by atoms with van der Waals surface area (Å²) in [5, 5.41) is 0. The van der Waals surface area contributed by atoms with Crippen LogP contribution in [-0.4, -0.2) is 19.0 Å². The number of carbonyl (C=O) groups excluding carboxylic acids is 1. The Balaban J connectivity index is 2.08. The van der Waals surface area contributed by atoms with Crippen LogP contribution in [0.25, 0.3) is 0 Å². The molecule has 96 valence electrons. The second-order valence-electron chi connectivity index (χ2n) is 5.68. The Kier molecular flexibility index (Phi) is 3.67. The van der Waals surface area contributed by atoms with E-state index >= 15 is 0 Å². The highest BCUT2D eigenvalue weighted by atomic mass is 16.5. The van der Waals surface area contributed by atoms with Crippen molar-refractivity contribution < 1.29 is 9.53 Å². The van der Waals surface area contributed by atoms with Crippen molar-refractivity contribution in [3.8, 4) is 0 Å². The molecular weight excluding hydrogens is 224 g/mol. The smallest absolute Gasteiger partial charge is 0.163 e. The van der Waals surface area contributed by atoms with Crippen molar-refractivity contribution in [2.75, 3.05) is 13.2 Å². The molecule has 1 heterocycles. The molecule has 1 aromatic rings. The maximum absolute atomic E-state index is 12.3. The highest BCUT2D eigenvalue weighted by molar-refractivity contribution is 5.96. The lowest BCUT2D eigenvalue weighted by Gasteiger charge is -2.30. The number of ether oxygens (including phenoxy) is 1. The number of hydrogen-bond donors (Lipinski definition) is 0. The van der Waals surface area contributed by atoms with Gasteiger partial charge in [-0.05, 0) is 11.0 Å². The van der Waals surface area contributed by atoms with Crippen LogP contribution in [-0.2, 0) is 4.74 Å². The summed E-state index contributed by atoms with van der Waals surface area (Å²) in [5.74, 6) is 0.477. The van der Waals surface area contributed by atoms with Crippen LogP contribution in [0, 0.1) is 11.3 Å². The number of Topliss-reactive ketones (excluding diaryl/α,β-unsaturated/α-hetero) is 1. The third-order valence-corrected chi connectivity index (χ3v) is 3.72. The van der Waals surface area contributed by atoms with Crippen LogP contribution >= 0.6 is 0 Å². The molecule has 0 bridgehead atoms. The Labute approximate surface area is 109 Å². The molecule has 1 aliphatic heterocycles. The van der Waals surface area contributed by atoms with Crippen molar-refractivity contribution in [2.45, 2.75) is 20.3 Å². The van der Waals surface area contributed by atoms with Crippen LogP contribution < -0.4 is 0 Å². The molecule has 1 saturated heterocycles. The number of benzene rings is 1. The minimum atomic E-state index is -0.0967. The normalized spacial score (nSPS) is 20.1. The largest absolute Gasteiger partial charge is 0.376 e. The molecule has 0 spiro atoms. The van der Waals surface area contributed by atoms with Crippen LogP contribution in [0.2, 0.25) is 0 Å². The van der Waals surface area contributed by atoms with Crippen molar-refractivity contribution in [1.29, 1.82) is 0 Å². The Morgan fingerprint density at radius 2 is 2.06 bits per heavy atom. The molecule has 0 saturated carbocycles. The predicted octanol–water partition coefficient (Wildman–Crippen LogP) is 3.49. The zero-order valence-electron chi connectivity index (χ0n) is 11.1. The lowest BCUT2D eigenvalue weighted by atomic mass is 9.72. The van der Waals surface area contributed by atoms with E-state index < -0.39 is 0 Å². The summed E-state index contributed by atoms with van der Waals surface area (Å²) < 4.78 is 5.43. The van der Waals surface area contributed by atoms with Crippen LogP contribution in [0.4, 0.5) is 0 Å². The van der Waals surface area contributed by atoms with Gasteiger partial charge in [0.1, 0.15) is 0 Å². The highest BCUT2D eigenvalue weighted by Gasteiger charge is 2.36. The van der Waals surface area contributed by atoms with Gasteiger partial charge in [0.15, 0.2) is 5.78 Å². The van der Waals surface area contributed by atoms with E-state index in [1.165, 1.54) is 0 Å². The molecule has 1 unspecified atom stereocenters. The Hall–Kier alpha value is -1.41. The molecule has 2 heteroatoms. The lowest BCUT2D eigenvalue weighted by molar-refractivity contribution is 0.0866. The van der Waals surface area contributed by atoms with Crippen LogP contribution in [0.3, 0.4) is 0 Å². The molecule has 18 heavy (non-hydrogen) atoms. The van der Waals surface area contributed by atoms with Crippen LogP contribution in [0.1, 0.15) is 30.6 Å². The van der Waals surface area contributed by atoms with Crippen molar-refractivity contribution in [3.63, 3.8) is 0 Å². The fourth-order valence-corrected chi connectivity index (χ4v) is 2.57. The maximum Gasteiger partial charge on any atom is 0.163 e. The van der Waals surface area contributed by atoms with E-state index in [4.69, 9.17) is 4.74 Å². The van der Waals surface area contributed by atoms with E-state index in [2.05, 4.69) is 20.4 Å². The van der Waals surface area contributed by atoms with E-state index in [1.807, 2.05) is 30.3 Å². The average Bonchev–Trinajstić information content (AvgIpc) is 2.77. The van der Waals surface area contributed by atoms with Gasteiger partial charge in [0.05, 0.1) is 13.2 Å². The topological polar surface area (TPSA) is 26.3 Å². The van der Waals surface area contributed by atoms with Gasteiger partial charge in [-0.15, -0.1) is 0 Å². The van der Waals surface area contributed by atoms with Crippen LogP contribution in [0.15, 0.2) is 42.5 Å². The molecule has 1 fully saturated rings. The van der Waals surface area contributed by atoms with E-state index in [0.717, 1.165) is 11.1 Å². The van der Waals surface area contributed by atoms with Gasteiger partial charge in [-0.3, -0.25) is 4.79 Å². The summed E-state index contributed by atoms with van der Waals surface area (Å²) in [4.78, 5) is 12.3. The molecule has 1 aliphatic rings. The minimum absolute atomic E-state index is 0.0967. The quantitative estimate of drug-likeness (QED) is 0.598.